The van der Waals surface area contributed by atoms with Crippen LogP contribution in [0.15, 0.2) is 22.7 Å². The van der Waals surface area contributed by atoms with Crippen LogP contribution in [0, 0.1) is 6.92 Å². The van der Waals surface area contributed by atoms with Gasteiger partial charge in [0.15, 0.2) is 0 Å². The van der Waals surface area contributed by atoms with Crippen LogP contribution in [0.1, 0.15) is 37.3 Å². The first-order valence-corrected chi connectivity index (χ1v) is 9.18. The quantitative estimate of drug-likeness (QED) is 0.708. The predicted molar refractivity (Wildman–Crippen MR) is 97.0 cm³/mol. The summed E-state index contributed by atoms with van der Waals surface area (Å²) in [4.78, 5) is 24.8. The van der Waals surface area contributed by atoms with Gasteiger partial charge in [0.2, 0.25) is 5.91 Å². The van der Waals surface area contributed by atoms with Crippen molar-refractivity contribution in [2.24, 2.45) is 0 Å². The number of nitrogens with zero attached hydrogens (tertiary/aromatic N) is 1. The summed E-state index contributed by atoms with van der Waals surface area (Å²) in [6.45, 7) is 4.80. The van der Waals surface area contributed by atoms with Crippen LogP contribution in [0.25, 0.3) is 0 Å². The van der Waals surface area contributed by atoms with E-state index in [1.807, 2.05) is 30.9 Å². The number of hydrogen-bond donors (Lipinski definition) is 2. The second-order valence-electron chi connectivity index (χ2n) is 6.43. The molecule has 0 saturated heterocycles. The van der Waals surface area contributed by atoms with Gasteiger partial charge in [0, 0.05) is 23.0 Å². The first kappa shape index (κ1) is 18.9. The molecule has 24 heavy (non-hydrogen) atoms. The average molecular weight is 397 g/mol. The molecule has 1 amide bonds. The summed E-state index contributed by atoms with van der Waals surface area (Å²) in [6.07, 6.45) is 2.89. The Balaban J connectivity index is 1.70. The minimum Gasteiger partial charge on any atom is -0.480 e. The first-order chi connectivity index (χ1) is 11.4. The lowest BCUT2D eigenvalue weighted by molar-refractivity contribution is -0.139. The third kappa shape index (κ3) is 5.31. The van der Waals surface area contributed by atoms with Gasteiger partial charge >= 0.3 is 5.97 Å². The maximum Gasteiger partial charge on any atom is 0.317 e. The molecule has 0 heterocycles. The zero-order valence-corrected chi connectivity index (χ0v) is 15.8. The van der Waals surface area contributed by atoms with Crippen molar-refractivity contribution in [3.63, 3.8) is 0 Å². The second-order valence-corrected chi connectivity index (χ2v) is 7.28. The molecule has 0 bridgehead atoms. The number of benzene rings is 1. The highest BCUT2D eigenvalue weighted by atomic mass is 79.9. The number of hydrogen-bond acceptors (Lipinski definition) is 3. The van der Waals surface area contributed by atoms with Gasteiger partial charge in [-0.05, 0) is 49.9 Å². The number of carbonyl (C=O) groups is 2. The number of carboxylic acids is 1. The molecule has 1 aliphatic rings. The molecular formula is C18H25BrN2O3. The van der Waals surface area contributed by atoms with Gasteiger partial charge < -0.3 is 10.4 Å². The Kier molecular flexibility index (Phi) is 6.80. The zero-order chi connectivity index (χ0) is 17.7. The largest absolute Gasteiger partial charge is 0.480 e. The molecule has 1 saturated carbocycles. The molecule has 0 atom stereocenters. The summed E-state index contributed by atoms with van der Waals surface area (Å²) < 4.78 is 1.08. The Morgan fingerprint density at radius 3 is 2.67 bits per heavy atom. The molecule has 2 N–H and O–H groups in total. The van der Waals surface area contributed by atoms with E-state index < -0.39 is 5.97 Å². The molecule has 5 nitrogen and oxygen atoms in total. The summed E-state index contributed by atoms with van der Waals surface area (Å²) >= 11 is 3.48. The van der Waals surface area contributed by atoms with E-state index in [-0.39, 0.29) is 24.5 Å². The van der Waals surface area contributed by atoms with Crippen LogP contribution in [0.3, 0.4) is 0 Å². The van der Waals surface area contributed by atoms with Gasteiger partial charge in [0.25, 0.3) is 0 Å². The highest BCUT2D eigenvalue weighted by molar-refractivity contribution is 9.10. The fourth-order valence-corrected chi connectivity index (χ4v) is 3.34. The lowest BCUT2D eigenvalue weighted by Gasteiger charge is -2.42. The summed E-state index contributed by atoms with van der Waals surface area (Å²) in [5.41, 5.74) is 2.34. The maximum absolute atomic E-state index is 12.1. The Bertz CT molecular complexity index is 600. The van der Waals surface area contributed by atoms with E-state index in [1.165, 1.54) is 5.56 Å². The van der Waals surface area contributed by atoms with Crippen molar-refractivity contribution in [3.05, 3.63) is 33.8 Å². The summed E-state index contributed by atoms with van der Waals surface area (Å²) in [5, 5.41) is 11.9. The molecule has 0 radical (unpaired) electrons. The lowest BCUT2D eigenvalue weighted by Crippen LogP contribution is -2.54. The van der Waals surface area contributed by atoms with Crippen LogP contribution in [0.4, 0.5) is 0 Å². The molecular weight excluding hydrogens is 372 g/mol. The molecule has 0 aromatic heterocycles. The number of aliphatic carboxylic acids is 1. The van der Waals surface area contributed by atoms with Crippen LogP contribution in [-0.4, -0.2) is 47.1 Å². The maximum atomic E-state index is 12.1. The third-order valence-corrected chi connectivity index (χ3v) is 5.49. The van der Waals surface area contributed by atoms with Crippen LogP contribution >= 0.6 is 15.9 Å². The third-order valence-electron chi connectivity index (χ3n) is 4.60. The Morgan fingerprint density at radius 2 is 2.08 bits per heavy atom. The standard InChI is InChI=1S/C18H25BrN2O3/c1-3-21(11-18(23)24)15-9-14(10-15)20-17(22)7-5-13-4-6-16(19)12(2)8-13/h4,6,8,14-15H,3,5,7,9-11H2,1-2H3,(H,20,22)(H,23,24). The first-order valence-electron chi connectivity index (χ1n) is 8.39. The van der Waals surface area contributed by atoms with Crippen LogP contribution in [0.5, 0.6) is 0 Å². The van der Waals surface area contributed by atoms with Crippen molar-refractivity contribution in [2.75, 3.05) is 13.1 Å². The van der Waals surface area contributed by atoms with Crippen molar-refractivity contribution >= 4 is 27.8 Å². The predicted octanol–water partition coefficient (Wildman–Crippen LogP) is 2.74. The molecule has 2 rings (SSSR count). The minimum absolute atomic E-state index is 0.0697. The van der Waals surface area contributed by atoms with E-state index in [0.717, 1.165) is 35.8 Å². The number of amides is 1. The summed E-state index contributed by atoms with van der Waals surface area (Å²) in [6, 6.07) is 6.60. The van der Waals surface area contributed by atoms with Gasteiger partial charge in [0.1, 0.15) is 0 Å². The van der Waals surface area contributed by atoms with E-state index in [2.05, 4.69) is 27.3 Å². The number of halogens is 1. The number of carbonyl (C=O) groups excluding carboxylic acids is 1. The normalized spacial score (nSPS) is 19.8. The van der Waals surface area contributed by atoms with Gasteiger partial charge in [-0.3, -0.25) is 14.5 Å². The zero-order valence-electron chi connectivity index (χ0n) is 14.2. The number of likely N-dealkylation sites (N-methyl/N-ethyl adjacent to an activating group) is 1. The number of carboxylic acid groups (broad SMARTS) is 1. The topological polar surface area (TPSA) is 69.6 Å². The molecule has 132 valence electrons. The fourth-order valence-electron chi connectivity index (χ4n) is 3.10. The molecule has 1 fully saturated rings. The molecule has 1 aromatic carbocycles. The van der Waals surface area contributed by atoms with E-state index in [1.54, 1.807) is 0 Å². The Labute approximate surface area is 151 Å². The average Bonchev–Trinajstić information content (AvgIpc) is 2.49. The number of nitrogens with one attached hydrogen (secondary N) is 1. The molecule has 0 unspecified atom stereocenters. The van der Waals surface area contributed by atoms with Crippen LogP contribution in [0.2, 0.25) is 0 Å². The molecule has 0 spiro atoms. The van der Waals surface area contributed by atoms with Crippen molar-refractivity contribution < 1.29 is 14.7 Å². The molecule has 0 aliphatic heterocycles. The van der Waals surface area contributed by atoms with E-state index in [9.17, 15) is 9.59 Å². The Morgan fingerprint density at radius 1 is 1.38 bits per heavy atom. The SMILES string of the molecule is CCN(CC(=O)O)C1CC(NC(=O)CCc2ccc(Br)c(C)c2)C1. The van der Waals surface area contributed by atoms with Crippen molar-refractivity contribution in [3.8, 4) is 0 Å². The van der Waals surface area contributed by atoms with Crippen LogP contribution in [-0.2, 0) is 16.0 Å². The van der Waals surface area contributed by atoms with E-state index in [0.29, 0.717) is 6.42 Å². The number of aryl methyl sites for hydroxylation is 2. The molecule has 6 heteroatoms. The minimum atomic E-state index is -0.797. The van der Waals surface area contributed by atoms with Crippen molar-refractivity contribution in [1.82, 2.24) is 10.2 Å². The van der Waals surface area contributed by atoms with Crippen molar-refractivity contribution in [1.29, 1.82) is 0 Å². The van der Waals surface area contributed by atoms with E-state index >= 15 is 0 Å². The fraction of sp³-hybridized carbons (Fsp3) is 0.556. The monoisotopic (exact) mass is 396 g/mol. The lowest BCUT2D eigenvalue weighted by atomic mass is 9.85. The highest BCUT2D eigenvalue weighted by Gasteiger charge is 2.34. The smallest absolute Gasteiger partial charge is 0.317 e. The summed E-state index contributed by atoms with van der Waals surface area (Å²) in [5.74, 6) is -0.727. The van der Waals surface area contributed by atoms with Gasteiger partial charge in [-0.2, -0.15) is 0 Å². The van der Waals surface area contributed by atoms with Gasteiger partial charge in [-0.1, -0.05) is 35.0 Å². The van der Waals surface area contributed by atoms with Crippen LogP contribution < -0.4 is 5.32 Å². The second kappa shape index (κ2) is 8.62. The van der Waals surface area contributed by atoms with Gasteiger partial charge in [-0.15, -0.1) is 0 Å². The molecule has 1 aromatic rings. The number of rotatable bonds is 8. The van der Waals surface area contributed by atoms with Gasteiger partial charge in [-0.25, -0.2) is 0 Å². The Hall–Kier alpha value is -1.40. The molecule has 1 aliphatic carbocycles. The van der Waals surface area contributed by atoms with Gasteiger partial charge in [0.05, 0.1) is 6.54 Å². The highest BCUT2D eigenvalue weighted by Crippen LogP contribution is 2.25. The summed E-state index contributed by atoms with van der Waals surface area (Å²) in [7, 11) is 0. The van der Waals surface area contributed by atoms with Crippen molar-refractivity contribution in [2.45, 2.75) is 51.6 Å². The van der Waals surface area contributed by atoms with E-state index in [4.69, 9.17) is 5.11 Å².